The lowest BCUT2D eigenvalue weighted by molar-refractivity contribution is -0.120. The minimum atomic E-state index is -0.323. The molecule has 0 aliphatic heterocycles. The van der Waals surface area contributed by atoms with Crippen molar-refractivity contribution in [2.45, 2.75) is 26.8 Å². The van der Waals surface area contributed by atoms with Crippen LogP contribution in [0.25, 0.3) is 0 Å². The number of halogens is 1. The molecule has 3 aromatic rings. The molecule has 27 heavy (non-hydrogen) atoms. The molecule has 1 amide bonds. The zero-order valence-electron chi connectivity index (χ0n) is 15.3. The fraction of sp³-hybridized carbons (Fsp3) is 0.190. The first kappa shape index (κ1) is 18.5. The van der Waals surface area contributed by atoms with Crippen LogP contribution in [0.5, 0.6) is 0 Å². The highest BCUT2D eigenvalue weighted by Crippen LogP contribution is 2.13. The van der Waals surface area contributed by atoms with Crippen LogP contribution >= 0.6 is 0 Å². The summed E-state index contributed by atoms with van der Waals surface area (Å²) in [5.41, 5.74) is 7.11. The lowest BCUT2D eigenvalue weighted by Crippen LogP contribution is -2.19. The summed E-state index contributed by atoms with van der Waals surface area (Å²) in [6, 6.07) is 15.9. The molecule has 0 saturated heterocycles. The van der Waals surface area contributed by atoms with E-state index in [0.717, 1.165) is 22.5 Å². The van der Waals surface area contributed by atoms with Gasteiger partial charge in [-0.15, -0.1) is 0 Å². The zero-order chi connectivity index (χ0) is 19.2. The summed E-state index contributed by atoms with van der Waals surface area (Å²) < 4.78 is 14.8. The second kappa shape index (κ2) is 8.40. The molecule has 5 nitrogen and oxygen atoms in total. The molecular weight excluding hydrogens is 343 g/mol. The van der Waals surface area contributed by atoms with E-state index >= 15 is 0 Å². The molecule has 3 rings (SSSR count). The smallest absolute Gasteiger partial charge is 0.244 e. The summed E-state index contributed by atoms with van der Waals surface area (Å²) in [6.07, 6.45) is 1.75. The molecule has 0 aliphatic rings. The maximum Gasteiger partial charge on any atom is 0.244 e. The van der Waals surface area contributed by atoms with Crippen LogP contribution in [0.1, 0.15) is 28.1 Å². The summed E-state index contributed by atoms with van der Waals surface area (Å²) in [5, 5.41) is 8.60. The molecule has 0 unspecified atom stereocenters. The highest BCUT2D eigenvalue weighted by molar-refractivity contribution is 5.85. The number of hydrogen-bond acceptors (Lipinski definition) is 3. The maximum absolute atomic E-state index is 12.9. The third kappa shape index (κ3) is 4.88. The minimum Gasteiger partial charge on any atom is -0.273 e. The molecule has 1 aromatic heterocycles. The standard InChI is InChI=1S/C21H21FN4O/c1-15-20(16(2)26(25-15)14-18-6-4-3-5-7-18)13-23-24-21(27)12-17-8-10-19(22)11-9-17/h3-11,13H,12,14H2,1-2H3,(H,24,27)/b23-13-. The molecule has 0 radical (unpaired) electrons. The van der Waals surface area contributed by atoms with Crippen molar-refractivity contribution in [2.24, 2.45) is 5.10 Å². The second-order valence-corrected chi connectivity index (χ2v) is 6.32. The van der Waals surface area contributed by atoms with Crippen molar-refractivity contribution in [3.63, 3.8) is 0 Å². The first-order valence-corrected chi connectivity index (χ1v) is 8.67. The van der Waals surface area contributed by atoms with Gasteiger partial charge in [0.2, 0.25) is 5.91 Å². The van der Waals surface area contributed by atoms with Gasteiger partial charge in [0.25, 0.3) is 0 Å². The van der Waals surface area contributed by atoms with Gasteiger partial charge in [-0.05, 0) is 37.1 Å². The number of nitrogens with zero attached hydrogens (tertiary/aromatic N) is 3. The van der Waals surface area contributed by atoms with Crippen molar-refractivity contribution >= 4 is 12.1 Å². The molecule has 0 bridgehead atoms. The highest BCUT2D eigenvalue weighted by atomic mass is 19.1. The lowest BCUT2D eigenvalue weighted by Gasteiger charge is -2.04. The molecular formula is C21H21FN4O. The number of nitrogens with one attached hydrogen (secondary N) is 1. The van der Waals surface area contributed by atoms with Crippen LogP contribution in [0, 0.1) is 19.7 Å². The number of carbonyl (C=O) groups is 1. The second-order valence-electron chi connectivity index (χ2n) is 6.32. The van der Waals surface area contributed by atoms with E-state index in [0.29, 0.717) is 6.54 Å². The maximum atomic E-state index is 12.9. The van der Waals surface area contributed by atoms with E-state index in [1.54, 1.807) is 18.3 Å². The van der Waals surface area contributed by atoms with Gasteiger partial charge in [0, 0.05) is 11.3 Å². The SMILES string of the molecule is Cc1nn(Cc2ccccc2)c(C)c1/C=N\NC(=O)Cc1ccc(F)cc1. The van der Waals surface area contributed by atoms with Crippen LogP contribution in [0.15, 0.2) is 59.7 Å². The minimum absolute atomic E-state index is 0.142. The van der Waals surface area contributed by atoms with Crippen molar-refractivity contribution in [3.05, 3.63) is 88.5 Å². The molecule has 138 valence electrons. The van der Waals surface area contributed by atoms with Crippen LogP contribution in [0.4, 0.5) is 4.39 Å². The Bertz CT molecular complexity index is 946. The highest BCUT2D eigenvalue weighted by Gasteiger charge is 2.10. The van der Waals surface area contributed by atoms with Gasteiger partial charge >= 0.3 is 0 Å². The van der Waals surface area contributed by atoms with Gasteiger partial charge in [-0.25, -0.2) is 9.82 Å². The largest absolute Gasteiger partial charge is 0.273 e. The Morgan fingerprint density at radius 1 is 1.11 bits per heavy atom. The van der Waals surface area contributed by atoms with E-state index in [2.05, 4.69) is 27.8 Å². The first-order chi connectivity index (χ1) is 13.0. The molecule has 6 heteroatoms. The quantitative estimate of drug-likeness (QED) is 0.538. The van der Waals surface area contributed by atoms with Crippen LogP contribution in [-0.4, -0.2) is 21.9 Å². The first-order valence-electron chi connectivity index (χ1n) is 8.67. The van der Waals surface area contributed by atoms with Crippen LogP contribution in [0.2, 0.25) is 0 Å². The Labute approximate surface area is 157 Å². The van der Waals surface area contributed by atoms with Gasteiger partial charge in [0.1, 0.15) is 5.82 Å². The number of aryl methyl sites for hydroxylation is 1. The van der Waals surface area contributed by atoms with Crippen LogP contribution in [0.3, 0.4) is 0 Å². The van der Waals surface area contributed by atoms with Gasteiger partial charge < -0.3 is 0 Å². The Balaban J connectivity index is 1.63. The predicted molar refractivity (Wildman–Crippen MR) is 103 cm³/mol. The van der Waals surface area contributed by atoms with Crippen LogP contribution in [-0.2, 0) is 17.8 Å². The Hall–Kier alpha value is -3.28. The topological polar surface area (TPSA) is 59.3 Å². The lowest BCUT2D eigenvalue weighted by atomic mass is 10.1. The van der Waals surface area contributed by atoms with Gasteiger partial charge in [0.15, 0.2) is 0 Å². The fourth-order valence-corrected chi connectivity index (χ4v) is 2.80. The number of rotatable bonds is 6. The molecule has 0 atom stereocenters. The third-order valence-corrected chi connectivity index (χ3v) is 4.27. The van der Waals surface area contributed by atoms with Gasteiger partial charge in [-0.2, -0.15) is 10.2 Å². The summed E-state index contributed by atoms with van der Waals surface area (Å²) in [5.74, 6) is -0.583. The van der Waals surface area contributed by atoms with Crippen molar-refractivity contribution in [1.29, 1.82) is 0 Å². The van der Waals surface area contributed by atoms with Crippen molar-refractivity contribution < 1.29 is 9.18 Å². The number of hydrogen-bond donors (Lipinski definition) is 1. The predicted octanol–water partition coefficient (Wildman–Crippen LogP) is 3.38. The number of benzene rings is 2. The van der Waals surface area contributed by atoms with E-state index in [9.17, 15) is 9.18 Å². The average Bonchev–Trinajstić information content (AvgIpc) is 2.92. The molecule has 0 saturated carbocycles. The molecule has 1 heterocycles. The Kier molecular flexibility index (Phi) is 5.76. The van der Waals surface area contributed by atoms with Gasteiger partial charge in [-0.3, -0.25) is 9.48 Å². The number of aromatic nitrogens is 2. The van der Waals surface area contributed by atoms with Gasteiger partial charge in [0.05, 0.1) is 24.9 Å². The zero-order valence-corrected chi connectivity index (χ0v) is 15.3. The summed E-state index contributed by atoms with van der Waals surface area (Å²) >= 11 is 0. The van der Waals surface area contributed by atoms with Gasteiger partial charge in [-0.1, -0.05) is 42.5 Å². The van der Waals surface area contributed by atoms with E-state index in [-0.39, 0.29) is 18.1 Å². The van der Waals surface area contributed by atoms with E-state index < -0.39 is 0 Å². The number of carbonyl (C=O) groups excluding carboxylic acids is 1. The molecule has 1 N–H and O–H groups in total. The normalized spacial score (nSPS) is 11.1. The van der Waals surface area contributed by atoms with E-state index in [1.165, 1.54) is 17.7 Å². The molecule has 2 aromatic carbocycles. The fourth-order valence-electron chi connectivity index (χ4n) is 2.80. The molecule has 0 spiro atoms. The monoisotopic (exact) mass is 364 g/mol. The van der Waals surface area contributed by atoms with Crippen molar-refractivity contribution in [2.75, 3.05) is 0 Å². The average molecular weight is 364 g/mol. The molecule has 0 fully saturated rings. The van der Waals surface area contributed by atoms with E-state index in [4.69, 9.17) is 0 Å². The van der Waals surface area contributed by atoms with E-state index in [1.807, 2.05) is 36.7 Å². The van der Waals surface area contributed by atoms with Crippen molar-refractivity contribution in [3.8, 4) is 0 Å². The molecule has 0 aliphatic carbocycles. The third-order valence-electron chi connectivity index (χ3n) is 4.27. The number of amides is 1. The summed E-state index contributed by atoms with van der Waals surface area (Å²) in [4.78, 5) is 12.0. The summed E-state index contributed by atoms with van der Waals surface area (Å²) in [6.45, 7) is 4.57. The Morgan fingerprint density at radius 2 is 1.81 bits per heavy atom. The number of hydrazone groups is 1. The van der Waals surface area contributed by atoms with Crippen molar-refractivity contribution in [1.82, 2.24) is 15.2 Å². The summed E-state index contributed by atoms with van der Waals surface area (Å²) in [7, 11) is 0. The Morgan fingerprint density at radius 3 is 2.52 bits per heavy atom. The van der Waals surface area contributed by atoms with Crippen LogP contribution < -0.4 is 5.43 Å².